The summed E-state index contributed by atoms with van der Waals surface area (Å²) in [6, 6.07) is 8.49. The maximum Gasteiger partial charge on any atom is 0.231 e. The van der Waals surface area contributed by atoms with Gasteiger partial charge < -0.3 is 9.84 Å². The van der Waals surface area contributed by atoms with E-state index >= 15 is 0 Å². The van der Waals surface area contributed by atoms with E-state index in [1.165, 1.54) is 5.56 Å². The van der Waals surface area contributed by atoms with Crippen LogP contribution in [0.5, 0.6) is 0 Å². The molecule has 0 saturated heterocycles. The lowest BCUT2D eigenvalue weighted by atomic mass is 9.98. The molecule has 5 heteroatoms. The highest BCUT2D eigenvalue weighted by Crippen LogP contribution is 2.22. The van der Waals surface area contributed by atoms with Crippen LogP contribution in [0.2, 0.25) is 0 Å². The Kier molecular flexibility index (Phi) is 5.31. The Morgan fingerprint density at radius 2 is 2.00 bits per heavy atom. The zero-order chi connectivity index (χ0) is 14.5. The summed E-state index contributed by atoms with van der Waals surface area (Å²) in [5.41, 5.74) is 1.18. The Hall–Kier alpha value is -1.20. The third-order valence-electron chi connectivity index (χ3n) is 3.58. The van der Waals surface area contributed by atoms with Gasteiger partial charge in [0.1, 0.15) is 0 Å². The number of likely N-dealkylation sites (N-methyl/N-ethyl adjacent to an activating group) is 1. The molecule has 2 rings (SSSR count). The number of rotatable bonds is 6. The first-order valence-electron chi connectivity index (χ1n) is 6.88. The van der Waals surface area contributed by atoms with Crippen LogP contribution in [0.15, 0.2) is 33.3 Å². The Morgan fingerprint density at radius 3 is 2.60 bits per heavy atom. The van der Waals surface area contributed by atoms with E-state index < -0.39 is 0 Å². The van der Waals surface area contributed by atoms with Gasteiger partial charge in [0, 0.05) is 16.9 Å². The van der Waals surface area contributed by atoms with Gasteiger partial charge in [-0.25, -0.2) is 0 Å². The van der Waals surface area contributed by atoms with Crippen molar-refractivity contribution in [2.75, 3.05) is 7.05 Å². The third-order valence-corrected chi connectivity index (χ3v) is 4.10. The van der Waals surface area contributed by atoms with E-state index in [0.717, 1.165) is 22.6 Å². The maximum atomic E-state index is 5.43. The highest BCUT2D eigenvalue weighted by Gasteiger charge is 2.22. The SMILES string of the molecule is CCC(c1nc(Cc2ccc(Br)cc2)no1)C(C)NC. The number of hydrogen-bond donors (Lipinski definition) is 1. The number of halogens is 1. The molecule has 2 unspecified atom stereocenters. The van der Waals surface area contributed by atoms with Crippen LogP contribution < -0.4 is 5.32 Å². The average molecular weight is 338 g/mol. The fourth-order valence-electron chi connectivity index (χ4n) is 2.22. The van der Waals surface area contributed by atoms with E-state index in [-0.39, 0.29) is 5.92 Å². The van der Waals surface area contributed by atoms with E-state index in [0.29, 0.717) is 12.5 Å². The van der Waals surface area contributed by atoms with Crippen LogP contribution >= 0.6 is 15.9 Å². The molecule has 0 amide bonds. The quantitative estimate of drug-likeness (QED) is 0.876. The Bertz CT molecular complexity index is 538. The van der Waals surface area contributed by atoms with E-state index in [4.69, 9.17) is 4.52 Å². The number of benzene rings is 1. The first-order chi connectivity index (χ1) is 9.63. The van der Waals surface area contributed by atoms with Crippen molar-refractivity contribution < 1.29 is 4.52 Å². The second-order valence-electron chi connectivity index (χ2n) is 4.94. The van der Waals surface area contributed by atoms with Crippen LogP contribution in [-0.2, 0) is 6.42 Å². The van der Waals surface area contributed by atoms with Gasteiger partial charge >= 0.3 is 0 Å². The Morgan fingerprint density at radius 1 is 1.30 bits per heavy atom. The summed E-state index contributed by atoms with van der Waals surface area (Å²) in [6.07, 6.45) is 1.67. The topological polar surface area (TPSA) is 51.0 Å². The summed E-state index contributed by atoms with van der Waals surface area (Å²) < 4.78 is 6.50. The zero-order valence-electron chi connectivity index (χ0n) is 12.1. The molecule has 0 aliphatic carbocycles. The second kappa shape index (κ2) is 6.99. The minimum atomic E-state index is 0.256. The van der Waals surface area contributed by atoms with Crippen molar-refractivity contribution in [2.45, 2.75) is 38.6 Å². The third kappa shape index (κ3) is 3.67. The summed E-state index contributed by atoms with van der Waals surface area (Å²) in [4.78, 5) is 4.54. The predicted octanol–water partition coefficient (Wildman–Crippen LogP) is 3.52. The highest BCUT2D eigenvalue weighted by molar-refractivity contribution is 9.10. The van der Waals surface area contributed by atoms with Gasteiger partial charge in [-0.2, -0.15) is 4.98 Å². The average Bonchev–Trinajstić information content (AvgIpc) is 2.90. The van der Waals surface area contributed by atoms with Crippen LogP contribution in [0.3, 0.4) is 0 Å². The summed E-state index contributed by atoms with van der Waals surface area (Å²) in [5.74, 6) is 1.72. The fraction of sp³-hybridized carbons (Fsp3) is 0.467. The second-order valence-corrected chi connectivity index (χ2v) is 5.86. The highest BCUT2D eigenvalue weighted by atomic mass is 79.9. The molecule has 2 aromatic rings. The summed E-state index contributed by atoms with van der Waals surface area (Å²) in [6.45, 7) is 4.27. The molecule has 1 heterocycles. The van der Waals surface area contributed by atoms with Crippen molar-refractivity contribution in [1.29, 1.82) is 0 Å². The van der Waals surface area contributed by atoms with E-state index in [1.54, 1.807) is 0 Å². The van der Waals surface area contributed by atoms with Crippen molar-refractivity contribution in [1.82, 2.24) is 15.5 Å². The Balaban J connectivity index is 2.10. The molecule has 4 nitrogen and oxygen atoms in total. The van der Waals surface area contributed by atoms with Crippen LogP contribution in [0, 0.1) is 0 Å². The molecular formula is C15H20BrN3O. The van der Waals surface area contributed by atoms with Gasteiger partial charge in [-0.05, 0) is 38.1 Å². The summed E-state index contributed by atoms with van der Waals surface area (Å²) in [5, 5.41) is 7.34. The molecule has 0 radical (unpaired) electrons. The van der Waals surface area contributed by atoms with Gasteiger partial charge in [-0.3, -0.25) is 0 Å². The molecule has 1 aromatic carbocycles. The van der Waals surface area contributed by atoms with E-state index in [1.807, 2.05) is 19.2 Å². The molecule has 0 aliphatic rings. The molecule has 2 atom stereocenters. The number of nitrogens with one attached hydrogen (secondary N) is 1. The van der Waals surface area contributed by atoms with Gasteiger partial charge in [-0.1, -0.05) is 40.1 Å². The molecule has 0 spiro atoms. The normalized spacial score (nSPS) is 14.2. The molecular weight excluding hydrogens is 318 g/mol. The lowest BCUT2D eigenvalue weighted by Crippen LogP contribution is -2.28. The molecule has 0 aliphatic heterocycles. The fourth-order valence-corrected chi connectivity index (χ4v) is 2.48. The van der Waals surface area contributed by atoms with Crippen molar-refractivity contribution in [3.63, 3.8) is 0 Å². The molecule has 0 bridgehead atoms. The first kappa shape index (κ1) is 15.2. The standard InChI is InChI=1S/C15H20BrN3O/c1-4-13(10(2)17-3)15-18-14(19-20-15)9-11-5-7-12(16)8-6-11/h5-8,10,13,17H,4,9H2,1-3H3. The maximum absolute atomic E-state index is 5.43. The molecule has 1 N–H and O–H groups in total. The lowest BCUT2D eigenvalue weighted by Gasteiger charge is -2.17. The van der Waals surface area contributed by atoms with E-state index in [2.05, 4.69) is 57.4 Å². The number of aromatic nitrogens is 2. The largest absolute Gasteiger partial charge is 0.339 e. The van der Waals surface area contributed by atoms with Crippen LogP contribution in [0.25, 0.3) is 0 Å². The minimum Gasteiger partial charge on any atom is -0.339 e. The summed E-state index contributed by atoms with van der Waals surface area (Å²) >= 11 is 3.43. The van der Waals surface area contributed by atoms with Crippen molar-refractivity contribution in [3.8, 4) is 0 Å². The van der Waals surface area contributed by atoms with Crippen molar-refractivity contribution >= 4 is 15.9 Å². The molecule has 1 aromatic heterocycles. The first-order valence-corrected chi connectivity index (χ1v) is 7.67. The van der Waals surface area contributed by atoms with Gasteiger partial charge in [0.25, 0.3) is 0 Å². The van der Waals surface area contributed by atoms with Crippen LogP contribution in [0.1, 0.15) is 43.5 Å². The van der Waals surface area contributed by atoms with Gasteiger partial charge in [-0.15, -0.1) is 0 Å². The van der Waals surface area contributed by atoms with E-state index in [9.17, 15) is 0 Å². The smallest absolute Gasteiger partial charge is 0.231 e. The monoisotopic (exact) mass is 337 g/mol. The zero-order valence-corrected chi connectivity index (χ0v) is 13.6. The lowest BCUT2D eigenvalue weighted by molar-refractivity contribution is 0.320. The number of nitrogens with zero attached hydrogens (tertiary/aromatic N) is 2. The van der Waals surface area contributed by atoms with Gasteiger partial charge in [0.2, 0.25) is 5.89 Å². The summed E-state index contributed by atoms with van der Waals surface area (Å²) in [7, 11) is 1.95. The number of hydrogen-bond acceptors (Lipinski definition) is 4. The van der Waals surface area contributed by atoms with Gasteiger partial charge in [0.15, 0.2) is 5.82 Å². The minimum absolute atomic E-state index is 0.256. The molecule has 0 fully saturated rings. The van der Waals surface area contributed by atoms with Gasteiger partial charge in [0.05, 0.1) is 5.92 Å². The molecule has 0 saturated carbocycles. The molecule has 20 heavy (non-hydrogen) atoms. The van der Waals surface area contributed by atoms with Crippen LogP contribution in [0.4, 0.5) is 0 Å². The van der Waals surface area contributed by atoms with Crippen LogP contribution in [-0.4, -0.2) is 23.2 Å². The van der Waals surface area contributed by atoms with Crippen molar-refractivity contribution in [3.05, 3.63) is 46.0 Å². The Labute approximate surface area is 128 Å². The molecule has 108 valence electrons. The van der Waals surface area contributed by atoms with Crippen molar-refractivity contribution in [2.24, 2.45) is 0 Å². The predicted molar refractivity (Wildman–Crippen MR) is 82.8 cm³/mol.